The van der Waals surface area contributed by atoms with Crippen molar-refractivity contribution in [2.45, 2.75) is 25.9 Å². The zero-order chi connectivity index (χ0) is 13.4. The highest BCUT2D eigenvalue weighted by atomic mass is 35.5. The third-order valence-electron chi connectivity index (χ3n) is 3.44. The second-order valence-corrected chi connectivity index (χ2v) is 5.20. The third kappa shape index (κ3) is 2.26. The second-order valence-electron chi connectivity index (χ2n) is 4.84. The molecule has 1 unspecified atom stereocenters. The van der Waals surface area contributed by atoms with Gasteiger partial charge in [-0.2, -0.15) is 19.6 Å². The quantitative estimate of drug-likeness (QED) is 0.802. The van der Waals surface area contributed by atoms with Crippen LogP contribution in [-0.4, -0.2) is 45.9 Å². The lowest BCUT2D eigenvalue weighted by molar-refractivity contribution is 0.116. The van der Waals surface area contributed by atoms with E-state index in [0.717, 1.165) is 37.4 Å². The molecular formula is C12H16ClN5O. The van der Waals surface area contributed by atoms with Crippen LogP contribution >= 0.6 is 11.6 Å². The summed E-state index contributed by atoms with van der Waals surface area (Å²) in [4.78, 5) is 10.4. The first kappa shape index (κ1) is 12.6. The van der Waals surface area contributed by atoms with E-state index >= 15 is 0 Å². The molecule has 3 rings (SSSR count). The first-order valence-corrected chi connectivity index (χ1v) is 6.73. The van der Waals surface area contributed by atoms with Crippen molar-refractivity contribution in [3.05, 3.63) is 17.0 Å². The van der Waals surface area contributed by atoms with E-state index in [2.05, 4.69) is 20.0 Å². The standard InChI is InChI=1S/C12H16ClN5O/c1-8-10(13)16-12-14-7-15-18(12)11(8)17(2)6-9-4-3-5-19-9/h7,9H,3-6H2,1-2H3. The highest BCUT2D eigenvalue weighted by Crippen LogP contribution is 2.26. The Labute approximate surface area is 116 Å². The van der Waals surface area contributed by atoms with Crippen molar-refractivity contribution in [1.82, 2.24) is 19.6 Å². The van der Waals surface area contributed by atoms with Gasteiger partial charge in [0.2, 0.25) is 0 Å². The molecule has 1 atom stereocenters. The Bertz CT molecular complexity index is 593. The lowest BCUT2D eigenvalue weighted by Crippen LogP contribution is -2.31. The molecule has 1 aliphatic rings. The normalized spacial score (nSPS) is 19.2. The van der Waals surface area contributed by atoms with Crippen LogP contribution < -0.4 is 4.90 Å². The van der Waals surface area contributed by atoms with Crippen molar-refractivity contribution in [2.24, 2.45) is 0 Å². The zero-order valence-electron chi connectivity index (χ0n) is 11.0. The summed E-state index contributed by atoms with van der Waals surface area (Å²) in [6.07, 6.45) is 3.99. The number of nitrogens with zero attached hydrogens (tertiary/aromatic N) is 5. The van der Waals surface area contributed by atoms with Crippen LogP contribution in [0.15, 0.2) is 6.33 Å². The van der Waals surface area contributed by atoms with Crippen LogP contribution in [0.1, 0.15) is 18.4 Å². The molecule has 102 valence electrons. The van der Waals surface area contributed by atoms with Crippen LogP contribution in [0.2, 0.25) is 5.15 Å². The van der Waals surface area contributed by atoms with Gasteiger partial charge in [-0.25, -0.2) is 0 Å². The molecule has 7 heteroatoms. The number of halogens is 1. The van der Waals surface area contributed by atoms with Crippen LogP contribution in [0.3, 0.4) is 0 Å². The molecule has 0 N–H and O–H groups in total. The van der Waals surface area contributed by atoms with Crippen molar-refractivity contribution in [1.29, 1.82) is 0 Å². The van der Waals surface area contributed by atoms with Crippen molar-refractivity contribution >= 4 is 23.2 Å². The number of fused-ring (bicyclic) bond motifs is 1. The molecule has 3 heterocycles. The second kappa shape index (κ2) is 4.94. The van der Waals surface area contributed by atoms with Crippen LogP contribution in [0.25, 0.3) is 5.78 Å². The maximum Gasteiger partial charge on any atom is 0.255 e. The molecule has 0 saturated carbocycles. The number of anilines is 1. The minimum absolute atomic E-state index is 0.273. The highest BCUT2D eigenvalue weighted by Gasteiger charge is 2.21. The van der Waals surface area contributed by atoms with Gasteiger partial charge in [0, 0.05) is 25.8 Å². The summed E-state index contributed by atoms with van der Waals surface area (Å²) in [5.41, 5.74) is 0.903. The Kier molecular flexibility index (Phi) is 3.28. The van der Waals surface area contributed by atoms with Gasteiger partial charge in [-0.1, -0.05) is 11.6 Å². The topological polar surface area (TPSA) is 55.5 Å². The molecule has 0 aliphatic carbocycles. The van der Waals surface area contributed by atoms with Crippen LogP contribution in [0.4, 0.5) is 5.82 Å². The van der Waals surface area contributed by atoms with Gasteiger partial charge in [0.15, 0.2) is 0 Å². The van der Waals surface area contributed by atoms with E-state index in [-0.39, 0.29) is 6.10 Å². The van der Waals surface area contributed by atoms with Crippen molar-refractivity contribution in [2.75, 3.05) is 25.1 Å². The predicted molar refractivity (Wildman–Crippen MR) is 72.8 cm³/mol. The Morgan fingerprint density at radius 3 is 3.16 bits per heavy atom. The molecule has 6 nitrogen and oxygen atoms in total. The summed E-state index contributed by atoms with van der Waals surface area (Å²) in [5, 5.41) is 4.69. The van der Waals surface area contributed by atoms with Crippen LogP contribution in [-0.2, 0) is 4.74 Å². The summed E-state index contributed by atoms with van der Waals surface area (Å²) in [6.45, 7) is 3.61. The highest BCUT2D eigenvalue weighted by molar-refractivity contribution is 6.30. The summed E-state index contributed by atoms with van der Waals surface area (Å²) in [5.74, 6) is 1.44. The average Bonchev–Trinajstić information content (AvgIpc) is 3.01. The Balaban J connectivity index is 1.97. The minimum atomic E-state index is 0.273. The molecule has 0 amide bonds. The van der Waals surface area contributed by atoms with E-state index in [9.17, 15) is 0 Å². The number of ether oxygens (including phenoxy) is 1. The molecule has 1 saturated heterocycles. The molecule has 0 aromatic carbocycles. The fourth-order valence-electron chi connectivity index (χ4n) is 2.51. The lowest BCUT2D eigenvalue weighted by Gasteiger charge is -2.24. The van der Waals surface area contributed by atoms with E-state index in [1.165, 1.54) is 6.33 Å². The van der Waals surface area contributed by atoms with Gasteiger partial charge in [-0.3, -0.25) is 0 Å². The molecular weight excluding hydrogens is 266 g/mol. The number of rotatable bonds is 3. The lowest BCUT2D eigenvalue weighted by atomic mass is 10.2. The molecule has 1 aliphatic heterocycles. The van der Waals surface area contributed by atoms with Crippen molar-refractivity contribution in [3.63, 3.8) is 0 Å². The van der Waals surface area contributed by atoms with Gasteiger partial charge in [0.1, 0.15) is 17.3 Å². The molecule has 2 aromatic heterocycles. The third-order valence-corrected chi connectivity index (χ3v) is 3.80. The van der Waals surface area contributed by atoms with Gasteiger partial charge in [0.05, 0.1) is 6.10 Å². The number of hydrogen-bond acceptors (Lipinski definition) is 5. The van der Waals surface area contributed by atoms with Gasteiger partial charge in [0.25, 0.3) is 5.78 Å². The van der Waals surface area contributed by atoms with E-state index in [1.54, 1.807) is 4.52 Å². The zero-order valence-corrected chi connectivity index (χ0v) is 11.8. The Morgan fingerprint density at radius 2 is 2.42 bits per heavy atom. The number of hydrogen-bond donors (Lipinski definition) is 0. The van der Waals surface area contributed by atoms with E-state index in [0.29, 0.717) is 10.9 Å². The fraction of sp³-hybridized carbons (Fsp3) is 0.583. The largest absolute Gasteiger partial charge is 0.376 e. The number of aromatic nitrogens is 4. The average molecular weight is 282 g/mol. The molecule has 0 radical (unpaired) electrons. The predicted octanol–water partition coefficient (Wildman–Crippen LogP) is 1.70. The first-order chi connectivity index (χ1) is 9.16. The van der Waals surface area contributed by atoms with Crippen molar-refractivity contribution < 1.29 is 4.74 Å². The van der Waals surface area contributed by atoms with Crippen LogP contribution in [0.5, 0.6) is 0 Å². The minimum Gasteiger partial charge on any atom is -0.376 e. The summed E-state index contributed by atoms with van der Waals surface area (Å²) < 4.78 is 7.39. The SMILES string of the molecule is Cc1c(Cl)nc2ncnn2c1N(C)CC1CCCO1. The summed E-state index contributed by atoms with van der Waals surface area (Å²) in [7, 11) is 2.02. The van der Waals surface area contributed by atoms with E-state index < -0.39 is 0 Å². The molecule has 0 spiro atoms. The van der Waals surface area contributed by atoms with E-state index in [1.807, 2.05) is 14.0 Å². The van der Waals surface area contributed by atoms with Gasteiger partial charge in [-0.15, -0.1) is 0 Å². The first-order valence-electron chi connectivity index (χ1n) is 6.35. The van der Waals surface area contributed by atoms with Gasteiger partial charge < -0.3 is 9.64 Å². The summed E-state index contributed by atoms with van der Waals surface area (Å²) in [6, 6.07) is 0. The monoisotopic (exact) mass is 281 g/mol. The fourth-order valence-corrected chi connectivity index (χ4v) is 2.67. The molecule has 2 aromatic rings. The smallest absolute Gasteiger partial charge is 0.255 e. The molecule has 1 fully saturated rings. The van der Waals surface area contributed by atoms with Gasteiger partial charge in [-0.05, 0) is 19.8 Å². The number of likely N-dealkylation sites (N-methyl/N-ethyl adjacent to an activating group) is 1. The Hall–Kier alpha value is -1.40. The Morgan fingerprint density at radius 1 is 1.58 bits per heavy atom. The molecule has 19 heavy (non-hydrogen) atoms. The molecule has 0 bridgehead atoms. The summed E-state index contributed by atoms with van der Waals surface area (Å²) >= 11 is 6.16. The van der Waals surface area contributed by atoms with Crippen molar-refractivity contribution in [3.8, 4) is 0 Å². The van der Waals surface area contributed by atoms with Crippen LogP contribution in [0, 0.1) is 6.92 Å². The maximum absolute atomic E-state index is 6.16. The van der Waals surface area contributed by atoms with Gasteiger partial charge >= 0.3 is 0 Å². The van der Waals surface area contributed by atoms with E-state index in [4.69, 9.17) is 16.3 Å². The maximum atomic E-state index is 6.16.